The predicted octanol–water partition coefficient (Wildman–Crippen LogP) is 1.86. The van der Waals surface area contributed by atoms with E-state index in [1.165, 1.54) is 11.0 Å². The summed E-state index contributed by atoms with van der Waals surface area (Å²) in [6, 6.07) is 5.94. The minimum Gasteiger partial charge on any atom is -0.340 e. The lowest BCUT2D eigenvalue weighted by molar-refractivity contribution is -0.131. The number of likely N-dealkylation sites (N-methyl/N-ethyl adjacent to an activating group) is 1. The molecule has 0 aliphatic rings. The molecule has 2 N–H and O–H groups in total. The molecule has 1 atom stereocenters. The zero-order chi connectivity index (χ0) is 13.5. The second-order valence-corrected chi connectivity index (χ2v) is 5.16. The lowest BCUT2D eigenvalue weighted by atomic mass is 10.1. The maximum absolute atomic E-state index is 13.4. The number of rotatable bonds is 6. The predicted molar refractivity (Wildman–Crippen MR) is 73.8 cm³/mol. The summed E-state index contributed by atoms with van der Waals surface area (Å²) in [6.07, 6.45) is 2.61. The van der Waals surface area contributed by atoms with Crippen LogP contribution >= 0.6 is 11.8 Å². The van der Waals surface area contributed by atoms with E-state index in [0.29, 0.717) is 12.0 Å². The van der Waals surface area contributed by atoms with E-state index in [1.807, 2.05) is 6.26 Å². The summed E-state index contributed by atoms with van der Waals surface area (Å²) >= 11 is 1.65. The summed E-state index contributed by atoms with van der Waals surface area (Å²) in [7, 11) is 1.65. The fourth-order valence-electron chi connectivity index (χ4n) is 1.61. The maximum Gasteiger partial charge on any atom is 0.239 e. The Labute approximate surface area is 112 Å². The zero-order valence-corrected chi connectivity index (χ0v) is 11.5. The van der Waals surface area contributed by atoms with Gasteiger partial charge in [0.15, 0.2) is 0 Å². The van der Waals surface area contributed by atoms with Crippen LogP contribution in [0.25, 0.3) is 0 Å². The fraction of sp³-hybridized carbons (Fsp3) is 0.462. The van der Waals surface area contributed by atoms with Crippen LogP contribution in [0.1, 0.15) is 12.0 Å². The molecule has 0 bridgehead atoms. The molecule has 18 heavy (non-hydrogen) atoms. The number of nitrogens with zero attached hydrogens (tertiary/aromatic N) is 1. The molecular formula is C13H19FN2OS. The van der Waals surface area contributed by atoms with Gasteiger partial charge in [0.1, 0.15) is 5.82 Å². The fourth-order valence-corrected chi connectivity index (χ4v) is 2.10. The van der Waals surface area contributed by atoms with Crippen LogP contribution in [0.15, 0.2) is 24.3 Å². The molecule has 1 amide bonds. The highest BCUT2D eigenvalue weighted by atomic mass is 32.2. The highest BCUT2D eigenvalue weighted by Crippen LogP contribution is 2.10. The van der Waals surface area contributed by atoms with E-state index in [0.717, 1.165) is 5.75 Å². The van der Waals surface area contributed by atoms with Gasteiger partial charge in [-0.1, -0.05) is 18.2 Å². The Kier molecular flexibility index (Phi) is 6.15. The summed E-state index contributed by atoms with van der Waals surface area (Å²) in [4.78, 5) is 13.4. The molecule has 0 radical (unpaired) electrons. The van der Waals surface area contributed by atoms with E-state index >= 15 is 0 Å². The van der Waals surface area contributed by atoms with E-state index in [1.54, 1.807) is 37.0 Å². The summed E-state index contributed by atoms with van der Waals surface area (Å²) in [6.45, 7) is 0.248. The van der Waals surface area contributed by atoms with Crippen molar-refractivity contribution in [1.29, 1.82) is 0 Å². The van der Waals surface area contributed by atoms with Crippen molar-refractivity contribution in [3.63, 3.8) is 0 Å². The molecule has 3 nitrogen and oxygen atoms in total. The molecule has 100 valence electrons. The first-order valence-electron chi connectivity index (χ1n) is 5.79. The number of hydrogen-bond acceptors (Lipinski definition) is 3. The Morgan fingerprint density at radius 3 is 2.78 bits per heavy atom. The molecular weight excluding hydrogens is 251 g/mol. The molecule has 0 unspecified atom stereocenters. The first-order chi connectivity index (χ1) is 8.56. The van der Waals surface area contributed by atoms with Gasteiger partial charge in [0.05, 0.1) is 6.04 Å². The molecule has 5 heteroatoms. The molecule has 0 heterocycles. The Morgan fingerprint density at radius 2 is 2.17 bits per heavy atom. The minimum atomic E-state index is -0.505. The van der Waals surface area contributed by atoms with Gasteiger partial charge in [0.25, 0.3) is 0 Å². The van der Waals surface area contributed by atoms with Gasteiger partial charge >= 0.3 is 0 Å². The van der Waals surface area contributed by atoms with Gasteiger partial charge in [-0.05, 0) is 24.5 Å². The molecule has 0 saturated carbocycles. The van der Waals surface area contributed by atoms with E-state index in [2.05, 4.69) is 0 Å². The second-order valence-electron chi connectivity index (χ2n) is 4.17. The first kappa shape index (κ1) is 15.0. The van der Waals surface area contributed by atoms with Gasteiger partial charge < -0.3 is 10.6 Å². The van der Waals surface area contributed by atoms with Gasteiger partial charge in [-0.2, -0.15) is 11.8 Å². The summed E-state index contributed by atoms with van der Waals surface area (Å²) in [5.74, 6) is 0.405. The first-order valence-corrected chi connectivity index (χ1v) is 7.18. The quantitative estimate of drug-likeness (QED) is 0.858. The number of benzene rings is 1. The minimum absolute atomic E-state index is 0.146. The van der Waals surface area contributed by atoms with Crippen molar-refractivity contribution in [3.05, 3.63) is 35.6 Å². The van der Waals surface area contributed by atoms with Crippen molar-refractivity contribution < 1.29 is 9.18 Å². The number of amides is 1. The van der Waals surface area contributed by atoms with Gasteiger partial charge in [-0.15, -0.1) is 0 Å². The highest BCUT2D eigenvalue weighted by Gasteiger charge is 2.18. The van der Waals surface area contributed by atoms with Crippen molar-refractivity contribution in [2.45, 2.75) is 19.0 Å². The van der Waals surface area contributed by atoms with Crippen LogP contribution < -0.4 is 5.73 Å². The van der Waals surface area contributed by atoms with Crippen LogP contribution in [0.2, 0.25) is 0 Å². The van der Waals surface area contributed by atoms with Crippen LogP contribution in [0.3, 0.4) is 0 Å². The monoisotopic (exact) mass is 270 g/mol. The third-order valence-electron chi connectivity index (χ3n) is 2.69. The molecule has 0 spiro atoms. The normalized spacial score (nSPS) is 12.2. The number of halogens is 1. The van der Waals surface area contributed by atoms with Crippen LogP contribution in [-0.4, -0.2) is 35.9 Å². The third-order valence-corrected chi connectivity index (χ3v) is 3.34. The molecule has 0 saturated heterocycles. The molecule has 1 aromatic rings. The zero-order valence-electron chi connectivity index (χ0n) is 10.7. The van der Waals surface area contributed by atoms with Crippen LogP contribution in [0.4, 0.5) is 4.39 Å². The van der Waals surface area contributed by atoms with Crippen LogP contribution in [0, 0.1) is 5.82 Å². The van der Waals surface area contributed by atoms with Crippen LogP contribution in [0.5, 0.6) is 0 Å². The van der Waals surface area contributed by atoms with Crippen molar-refractivity contribution >= 4 is 17.7 Å². The maximum atomic E-state index is 13.4. The van der Waals surface area contributed by atoms with E-state index in [9.17, 15) is 9.18 Å². The summed E-state index contributed by atoms with van der Waals surface area (Å²) in [5.41, 5.74) is 6.30. The second kappa shape index (κ2) is 7.38. The summed E-state index contributed by atoms with van der Waals surface area (Å²) in [5, 5.41) is 0. The molecule has 0 aliphatic carbocycles. The Morgan fingerprint density at radius 1 is 1.50 bits per heavy atom. The van der Waals surface area contributed by atoms with Gasteiger partial charge in [0.2, 0.25) is 5.91 Å². The van der Waals surface area contributed by atoms with Gasteiger partial charge in [-0.25, -0.2) is 4.39 Å². The van der Waals surface area contributed by atoms with Gasteiger partial charge in [-0.3, -0.25) is 4.79 Å². The molecule has 1 aromatic carbocycles. The van der Waals surface area contributed by atoms with Crippen LogP contribution in [-0.2, 0) is 11.3 Å². The topological polar surface area (TPSA) is 46.3 Å². The van der Waals surface area contributed by atoms with Crippen molar-refractivity contribution in [2.24, 2.45) is 5.73 Å². The van der Waals surface area contributed by atoms with E-state index < -0.39 is 6.04 Å². The number of carbonyl (C=O) groups is 1. The average molecular weight is 270 g/mol. The number of carbonyl (C=O) groups excluding carboxylic acids is 1. The highest BCUT2D eigenvalue weighted by molar-refractivity contribution is 7.98. The molecule has 1 rings (SSSR count). The largest absolute Gasteiger partial charge is 0.340 e. The average Bonchev–Trinajstić information content (AvgIpc) is 2.37. The molecule has 0 aliphatic heterocycles. The Balaban J connectivity index is 2.57. The van der Waals surface area contributed by atoms with Crippen molar-refractivity contribution in [1.82, 2.24) is 4.90 Å². The summed E-state index contributed by atoms with van der Waals surface area (Å²) < 4.78 is 13.4. The van der Waals surface area contributed by atoms with E-state index in [4.69, 9.17) is 5.73 Å². The molecule has 0 aromatic heterocycles. The Bertz CT molecular complexity index is 400. The Hall–Kier alpha value is -1.07. The van der Waals surface area contributed by atoms with E-state index in [-0.39, 0.29) is 18.3 Å². The lowest BCUT2D eigenvalue weighted by Crippen LogP contribution is -2.41. The smallest absolute Gasteiger partial charge is 0.239 e. The lowest BCUT2D eigenvalue weighted by Gasteiger charge is -2.21. The standard InChI is InChI=1S/C13H19FN2OS/c1-16(13(17)12(15)7-8-18-2)9-10-5-3-4-6-11(10)14/h3-6,12H,7-9,15H2,1-2H3/t12-/m1/s1. The number of thioether (sulfide) groups is 1. The molecule has 0 fully saturated rings. The number of hydrogen-bond donors (Lipinski definition) is 1. The third kappa shape index (κ3) is 4.31. The van der Waals surface area contributed by atoms with Crippen molar-refractivity contribution in [3.8, 4) is 0 Å². The number of nitrogens with two attached hydrogens (primary N) is 1. The van der Waals surface area contributed by atoms with Gasteiger partial charge in [0, 0.05) is 19.2 Å². The SMILES string of the molecule is CSCC[C@@H](N)C(=O)N(C)Cc1ccccc1F. The van der Waals surface area contributed by atoms with Crippen molar-refractivity contribution in [2.75, 3.05) is 19.1 Å².